The minimum absolute atomic E-state index is 0.208. The van der Waals surface area contributed by atoms with Crippen LogP contribution in [0.5, 0.6) is 0 Å². The van der Waals surface area contributed by atoms with E-state index >= 15 is 0 Å². The molecule has 28 heavy (non-hydrogen) atoms. The summed E-state index contributed by atoms with van der Waals surface area (Å²) in [5.74, 6) is -0.626. The molecule has 0 unspecified atom stereocenters. The van der Waals surface area contributed by atoms with Crippen LogP contribution in [0.25, 0.3) is 0 Å². The summed E-state index contributed by atoms with van der Waals surface area (Å²) in [6.07, 6.45) is 0. The number of carbonyl (C=O) groups excluding carboxylic acids is 2. The van der Waals surface area contributed by atoms with E-state index in [0.717, 1.165) is 45.0 Å². The van der Waals surface area contributed by atoms with E-state index in [1.807, 2.05) is 12.1 Å². The number of piperazine rings is 1. The fraction of sp³-hybridized carbons (Fsp3) is 0.364. The Morgan fingerprint density at radius 3 is 2.04 bits per heavy atom. The second kappa shape index (κ2) is 9.48. The first-order valence-corrected chi connectivity index (χ1v) is 9.62. The van der Waals surface area contributed by atoms with E-state index in [-0.39, 0.29) is 5.91 Å². The first kappa shape index (κ1) is 20.0. The van der Waals surface area contributed by atoms with Gasteiger partial charge in [-0.3, -0.25) is 9.69 Å². The van der Waals surface area contributed by atoms with Crippen LogP contribution in [-0.4, -0.2) is 61.5 Å². The van der Waals surface area contributed by atoms with Crippen LogP contribution in [0.3, 0.4) is 0 Å². The Labute approximate surface area is 166 Å². The van der Waals surface area contributed by atoms with Crippen molar-refractivity contribution in [3.05, 3.63) is 65.2 Å². The maximum Gasteiger partial charge on any atom is 0.337 e. The molecule has 2 aromatic carbocycles. The number of hydrogen-bond acceptors (Lipinski definition) is 5. The highest BCUT2D eigenvalue weighted by atomic mass is 16.5. The molecule has 0 aromatic heterocycles. The zero-order valence-corrected chi connectivity index (χ0v) is 16.5. The van der Waals surface area contributed by atoms with Crippen LogP contribution in [0.4, 0.5) is 5.69 Å². The lowest BCUT2D eigenvalue weighted by molar-refractivity contribution is 0.0600. The average molecular weight is 381 g/mol. The highest BCUT2D eigenvalue weighted by Gasteiger charge is 2.15. The summed E-state index contributed by atoms with van der Waals surface area (Å²) in [5, 5.41) is 2.89. The summed E-state index contributed by atoms with van der Waals surface area (Å²) in [5.41, 5.74) is 2.90. The SMILES string of the molecule is CCN1CCN(Cc2ccc(NC(=O)c3ccc(C(=O)OC)cc3)cc2)CC1. The number of anilines is 1. The van der Waals surface area contributed by atoms with Crippen LogP contribution in [0.2, 0.25) is 0 Å². The number of amides is 1. The van der Waals surface area contributed by atoms with Crippen molar-refractivity contribution in [1.82, 2.24) is 9.80 Å². The molecule has 1 saturated heterocycles. The van der Waals surface area contributed by atoms with Crippen LogP contribution in [0, 0.1) is 0 Å². The summed E-state index contributed by atoms with van der Waals surface area (Å²) < 4.78 is 4.66. The number of nitrogens with one attached hydrogen (secondary N) is 1. The van der Waals surface area contributed by atoms with Gasteiger partial charge in [0.2, 0.25) is 0 Å². The number of methoxy groups -OCH3 is 1. The van der Waals surface area contributed by atoms with Gasteiger partial charge in [-0.25, -0.2) is 4.79 Å². The van der Waals surface area contributed by atoms with Crippen molar-refractivity contribution < 1.29 is 14.3 Å². The molecule has 0 bridgehead atoms. The van der Waals surface area contributed by atoms with Crippen molar-refractivity contribution >= 4 is 17.6 Å². The number of hydrogen-bond donors (Lipinski definition) is 1. The normalized spacial score (nSPS) is 15.2. The van der Waals surface area contributed by atoms with E-state index < -0.39 is 5.97 Å². The van der Waals surface area contributed by atoms with Crippen LogP contribution in [0.15, 0.2) is 48.5 Å². The number of nitrogens with zero attached hydrogens (tertiary/aromatic N) is 2. The van der Waals surface area contributed by atoms with Crippen LogP contribution < -0.4 is 5.32 Å². The third-order valence-corrected chi connectivity index (χ3v) is 5.10. The molecule has 1 heterocycles. The molecule has 6 nitrogen and oxygen atoms in total. The third kappa shape index (κ3) is 5.18. The van der Waals surface area contributed by atoms with Crippen molar-refractivity contribution in [2.24, 2.45) is 0 Å². The van der Waals surface area contributed by atoms with Gasteiger partial charge < -0.3 is 15.0 Å². The molecular formula is C22H27N3O3. The van der Waals surface area contributed by atoms with E-state index in [4.69, 9.17) is 0 Å². The standard InChI is InChI=1S/C22H27N3O3/c1-3-24-12-14-25(15-13-24)16-17-4-10-20(11-5-17)23-21(26)18-6-8-19(9-7-18)22(27)28-2/h4-11H,3,12-16H2,1-2H3,(H,23,26). The molecule has 0 spiro atoms. The van der Waals surface area contributed by atoms with Gasteiger partial charge in [-0.2, -0.15) is 0 Å². The Hall–Kier alpha value is -2.70. The van der Waals surface area contributed by atoms with Crippen LogP contribution in [-0.2, 0) is 11.3 Å². The van der Waals surface area contributed by atoms with Crippen LogP contribution in [0.1, 0.15) is 33.2 Å². The Morgan fingerprint density at radius 1 is 0.893 bits per heavy atom. The summed E-state index contributed by atoms with van der Waals surface area (Å²) in [7, 11) is 1.33. The molecule has 1 amide bonds. The third-order valence-electron chi connectivity index (χ3n) is 5.10. The van der Waals surface area contributed by atoms with Crippen molar-refractivity contribution in [3.63, 3.8) is 0 Å². The topological polar surface area (TPSA) is 61.9 Å². The fourth-order valence-electron chi connectivity index (χ4n) is 3.29. The smallest absolute Gasteiger partial charge is 0.337 e. The van der Waals surface area contributed by atoms with E-state index in [1.54, 1.807) is 24.3 Å². The summed E-state index contributed by atoms with van der Waals surface area (Å²) in [4.78, 5) is 28.8. The van der Waals surface area contributed by atoms with Gasteiger partial charge in [-0.1, -0.05) is 19.1 Å². The number of carbonyl (C=O) groups is 2. The largest absolute Gasteiger partial charge is 0.465 e. The quantitative estimate of drug-likeness (QED) is 0.780. The number of benzene rings is 2. The summed E-state index contributed by atoms with van der Waals surface area (Å²) >= 11 is 0. The Balaban J connectivity index is 1.53. The lowest BCUT2D eigenvalue weighted by Crippen LogP contribution is -2.45. The van der Waals surface area contributed by atoms with E-state index in [2.05, 4.69) is 38.9 Å². The van der Waals surface area contributed by atoms with E-state index in [9.17, 15) is 9.59 Å². The minimum Gasteiger partial charge on any atom is -0.465 e. The highest BCUT2D eigenvalue weighted by Crippen LogP contribution is 2.15. The minimum atomic E-state index is -0.418. The molecule has 2 aromatic rings. The molecule has 0 radical (unpaired) electrons. The van der Waals surface area contributed by atoms with Crippen molar-refractivity contribution in [3.8, 4) is 0 Å². The number of rotatable bonds is 6. The molecule has 3 rings (SSSR count). The predicted molar refractivity (Wildman–Crippen MR) is 110 cm³/mol. The van der Waals surface area contributed by atoms with Gasteiger partial charge >= 0.3 is 5.97 Å². The van der Waals surface area contributed by atoms with Gasteiger partial charge in [0.05, 0.1) is 12.7 Å². The molecule has 0 atom stereocenters. The maximum atomic E-state index is 12.4. The van der Waals surface area contributed by atoms with E-state index in [1.165, 1.54) is 12.7 Å². The van der Waals surface area contributed by atoms with E-state index in [0.29, 0.717) is 11.1 Å². The molecular weight excluding hydrogens is 354 g/mol. The van der Waals surface area contributed by atoms with Crippen LogP contribution >= 0.6 is 0 Å². The van der Waals surface area contributed by atoms with Crippen molar-refractivity contribution in [1.29, 1.82) is 0 Å². The zero-order chi connectivity index (χ0) is 19.9. The summed E-state index contributed by atoms with van der Waals surface area (Å²) in [6.45, 7) is 8.69. The summed E-state index contributed by atoms with van der Waals surface area (Å²) in [6, 6.07) is 14.4. The monoisotopic (exact) mass is 381 g/mol. The second-order valence-electron chi connectivity index (χ2n) is 6.93. The maximum absolute atomic E-state index is 12.4. The Bertz CT molecular complexity index is 795. The molecule has 1 aliphatic rings. The molecule has 1 fully saturated rings. The molecule has 6 heteroatoms. The Morgan fingerprint density at radius 2 is 1.46 bits per heavy atom. The second-order valence-corrected chi connectivity index (χ2v) is 6.93. The zero-order valence-electron chi connectivity index (χ0n) is 16.5. The fourth-order valence-corrected chi connectivity index (χ4v) is 3.29. The van der Waals surface area contributed by atoms with Crippen molar-refractivity contribution in [2.75, 3.05) is 45.2 Å². The van der Waals surface area contributed by atoms with Crippen molar-refractivity contribution in [2.45, 2.75) is 13.5 Å². The average Bonchev–Trinajstić information content (AvgIpc) is 2.75. The molecule has 148 valence electrons. The molecule has 0 aliphatic carbocycles. The number of likely N-dealkylation sites (N-methyl/N-ethyl adjacent to an activating group) is 1. The van der Waals surface area contributed by atoms with Gasteiger partial charge in [0.1, 0.15) is 0 Å². The number of esters is 1. The first-order chi connectivity index (χ1) is 13.6. The molecule has 0 saturated carbocycles. The van der Waals surface area contributed by atoms with Gasteiger partial charge in [0.15, 0.2) is 0 Å². The molecule has 1 aliphatic heterocycles. The van der Waals surface area contributed by atoms with Gasteiger partial charge in [-0.05, 0) is 48.5 Å². The van der Waals surface area contributed by atoms with Gasteiger partial charge in [-0.15, -0.1) is 0 Å². The lowest BCUT2D eigenvalue weighted by atomic mass is 10.1. The van der Waals surface area contributed by atoms with Gasteiger partial charge in [0.25, 0.3) is 5.91 Å². The van der Waals surface area contributed by atoms with Gasteiger partial charge in [0, 0.05) is 44.0 Å². The molecule has 1 N–H and O–H groups in total. The number of ether oxygens (including phenoxy) is 1. The lowest BCUT2D eigenvalue weighted by Gasteiger charge is -2.34. The first-order valence-electron chi connectivity index (χ1n) is 9.62. The predicted octanol–water partition coefficient (Wildman–Crippen LogP) is 2.86. The highest BCUT2D eigenvalue weighted by molar-refractivity contribution is 6.04. The Kier molecular flexibility index (Phi) is 6.79.